The summed E-state index contributed by atoms with van der Waals surface area (Å²) in [4.78, 5) is 35.8. The second-order valence-corrected chi connectivity index (χ2v) is 4.28. The van der Waals surface area contributed by atoms with Crippen LogP contribution in [-0.4, -0.2) is 31.3 Å². The Kier molecular flexibility index (Phi) is 3.34. The predicted octanol–water partition coefficient (Wildman–Crippen LogP) is 1.43. The highest BCUT2D eigenvalue weighted by molar-refractivity contribution is 6.31. The number of anilines is 1. The van der Waals surface area contributed by atoms with E-state index < -0.39 is 5.97 Å². The van der Waals surface area contributed by atoms with Crippen LogP contribution >= 0.6 is 11.6 Å². The van der Waals surface area contributed by atoms with Crippen LogP contribution in [0.1, 0.15) is 16.8 Å². The van der Waals surface area contributed by atoms with Crippen molar-refractivity contribution in [2.45, 2.75) is 6.42 Å². The first-order valence-corrected chi connectivity index (χ1v) is 5.60. The minimum absolute atomic E-state index is 0.0234. The Morgan fingerprint density at radius 1 is 1.39 bits per heavy atom. The Morgan fingerprint density at radius 2 is 2.11 bits per heavy atom. The average Bonchev–Trinajstić information content (AvgIpc) is 2.67. The molecule has 1 fully saturated rings. The number of ketones is 1. The number of esters is 1. The number of carbonyl (C=O) groups is 3. The first-order valence-electron chi connectivity index (χ1n) is 5.23. The third kappa shape index (κ3) is 2.22. The molecule has 0 unspecified atom stereocenters. The lowest BCUT2D eigenvalue weighted by molar-refractivity contribution is -0.121. The lowest BCUT2D eigenvalue weighted by Crippen LogP contribution is -2.26. The zero-order valence-electron chi connectivity index (χ0n) is 9.60. The first-order chi connectivity index (χ1) is 8.52. The molecule has 1 amide bonds. The molecular weight excluding hydrogens is 258 g/mol. The number of Topliss-reactive ketones (excluding diaryl/α,β-unsaturated/α-hetero) is 1. The Balaban J connectivity index is 2.47. The van der Waals surface area contributed by atoms with Gasteiger partial charge in [0, 0.05) is 5.02 Å². The minimum atomic E-state index is -0.598. The van der Waals surface area contributed by atoms with Crippen LogP contribution in [0.15, 0.2) is 18.2 Å². The second kappa shape index (κ2) is 4.78. The summed E-state index contributed by atoms with van der Waals surface area (Å²) < 4.78 is 4.63. The van der Waals surface area contributed by atoms with Crippen LogP contribution in [0.25, 0.3) is 0 Å². The van der Waals surface area contributed by atoms with E-state index in [1.54, 1.807) is 6.07 Å². The van der Waals surface area contributed by atoms with Crippen LogP contribution in [0.5, 0.6) is 0 Å². The maximum absolute atomic E-state index is 11.7. The van der Waals surface area contributed by atoms with Crippen LogP contribution < -0.4 is 4.90 Å². The number of methoxy groups -OCH3 is 1. The number of halogens is 1. The largest absolute Gasteiger partial charge is 0.465 e. The van der Waals surface area contributed by atoms with Gasteiger partial charge in [-0.1, -0.05) is 11.6 Å². The van der Waals surface area contributed by atoms with E-state index in [4.69, 9.17) is 11.6 Å². The van der Waals surface area contributed by atoms with Gasteiger partial charge in [0.05, 0.1) is 31.3 Å². The van der Waals surface area contributed by atoms with Crippen molar-refractivity contribution >= 4 is 34.9 Å². The number of amides is 1. The van der Waals surface area contributed by atoms with Gasteiger partial charge in [-0.25, -0.2) is 4.79 Å². The molecule has 0 bridgehead atoms. The summed E-state index contributed by atoms with van der Waals surface area (Å²) in [5, 5.41) is 0.358. The zero-order chi connectivity index (χ0) is 13.3. The summed E-state index contributed by atoms with van der Waals surface area (Å²) in [6, 6.07) is 4.50. The number of ether oxygens (including phenoxy) is 1. The minimum Gasteiger partial charge on any atom is -0.465 e. The molecule has 0 aromatic heterocycles. The molecule has 1 saturated heterocycles. The van der Waals surface area contributed by atoms with Gasteiger partial charge in [-0.05, 0) is 18.2 Å². The van der Waals surface area contributed by atoms with Crippen molar-refractivity contribution in [1.29, 1.82) is 0 Å². The molecule has 0 atom stereocenters. The molecule has 0 radical (unpaired) electrons. The summed E-state index contributed by atoms with van der Waals surface area (Å²) in [6.07, 6.45) is -0.136. The first kappa shape index (κ1) is 12.6. The smallest absolute Gasteiger partial charge is 0.340 e. The third-order valence-electron chi connectivity index (χ3n) is 2.64. The highest BCUT2D eigenvalue weighted by atomic mass is 35.5. The fourth-order valence-electron chi connectivity index (χ4n) is 1.82. The van der Waals surface area contributed by atoms with Crippen LogP contribution in [-0.2, 0) is 14.3 Å². The highest BCUT2D eigenvalue weighted by Gasteiger charge is 2.31. The zero-order valence-corrected chi connectivity index (χ0v) is 10.4. The Morgan fingerprint density at radius 3 is 2.67 bits per heavy atom. The third-order valence-corrected chi connectivity index (χ3v) is 2.87. The maximum atomic E-state index is 11.7. The van der Waals surface area contributed by atoms with Crippen molar-refractivity contribution in [3.05, 3.63) is 28.8 Å². The maximum Gasteiger partial charge on any atom is 0.340 e. The van der Waals surface area contributed by atoms with Gasteiger partial charge in [0.15, 0.2) is 5.78 Å². The molecule has 5 nitrogen and oxygen atoms in total. The lowest BCUT2D eigenvalue weighted by Gasteiger charge is -2.18. The summed E-state index contributed by atoms with van der Waals surface area (Å²) in [7, 11) is 1.24. The molecule has 1 heterocycles. The van der Waals surface area contributed by atoms with Gasteiger partial charge >= 0.3 is 5.97 Å². The number of hydrogen-bond donors (Lipinski definition) is 0. The predicted molar refractivity (Wildman–Crippen MR) is 64.8 cm³/mol. The number of hydrogen-bond acceptors (Lipinski definition) is 4. The van der Waals surface area contributed by atoms with E-state index in [1.807, 2.05) is 0 Å². The van der Waals surface area contributed by atoms with Crippen molar-refractivity contribution in [3.8, 4) is 0 Å². The Labute approximate surface area is 108 Å². The molecule has 94 valence electrons. The number of carbonyl (C=O) groups excluding carboxylic acids is 3. The van der Waals surface area contributed by atoms with Gasteiger partial charge in [0.1, 0.15) is 0 Å². The fraction of sp³-hybridized carbons (Fsp3) is 0.250. The van der Waals surface area contributed by atoms with E-state index in [1.165, 1.54) is 24.1 Å². The Bertz CT molecular complexity index is 541. The average molecular weight is 268 g/mol. The van der Waals surface area contributed by atoms with Gasteiger partial charge in [0.2, 0.25) is 5.91 Å². The number of rotatable bonds is 2. The van der Waals surface area contributed by atoms with E-state index in [0.29, 0.717) is 10.7 Å². The summed E-state index contributed by atoms with van der Waals surface area (Å²) >= 11 is 5.81. The van der Waals surface area contributed by atoms with E-state index in [9.17, 15) is 14.4 Å². The molecule has 2 rings (SSSR count). The second-order valence-electron chi connectivity index (χ2n) is 3.85. The van der Waals surface area contributed by atoms with Gasteiger partial charge in [-0.2, -0.15) is 0 Å². The molecule has 1 aromatic rings. The topological polar surface area (TPSA) is 63.7 Å². The van der Waals surface area contributed by atoms with Crippen LogP contribution in [0.2, 0.25) is 5.02 Å². The molecular formula is C12H10ClNO4. The Hall–Kier alpha value is -1.88. The van der Waals surface area contributed by atoms with E-state index in [-0.39, 0.29) is 30.2 Å². The van der Waals surface area contributed by atoms with E-state index in [2.05, 4.69) is 4.74 Å². The molecule has 6 heteroatoms. The van der Waals surface area contributed by atoms with Gasteiger partial charge in [0.25, 0.3) is 0 Å². The highest BCUT2D eigenvalue weighted by Crippen LogP contribution is 2.27. The molecule has 0 spiro atoms. The summed E-state index contributed by atoms with van der Waals surface area (Å²) in [5.74, 6) is -1.10. The van der Waals surface area contributed by atoms with Crippen molar-refractivity contribution < 1.29 is 19.1 Å². The van der Waals surface area contributed by atoms with Crippen LogP contribution in [0.3, 0.4) is 0 Å². The van der Waals surface area contributed by atoms with Crippen molar-refractivity contribution in [3.63, 3.8) is 0 Å². The van der Waals surface area contributed by atoms with E-state index >= 15 is 0 Å². The molecule has 1 aromatic carbocycles. The van der Waals surface area contributed by atoms with Crippen molar-refractivity contribution in [2.24, 2.45) is 0 Å². The normalized spacial score (nSPS) is 15.1. The SMILES string of the molecule is COC(=O)c1cc(Cl)ccc1N1CC(=O)CC1=O. The van der Waals surface area contributed by atoms with Crippen LogP contribution in [0, 0.1) is 0 Å². The van der Waals surface area contributed by atoms with E-state index in [0.717, 1.165) is 0 Å². The van der Waals surface area contributed by atoms with Crippen molar-refractivity contribution in [1.82, 2.24) is 0 Å². The molecule has 1 aliphatic rings. The summed E-state index contributed by atoms with van der Waals surface area (Å²) in [5.41, 5.74) is 0.523. The number of benzene rings is 1. The van der Waals surface area contributed by atoms with Gasteiger partial charge < -0.3 is 9.64 Å². The lowest BCUT2D eigenvalue weighted by atomic mass is 10.1. The molecule has 18 heavy (non-hydrogen) atoms. The number of nitrogens with zero attached hydrogens (tertiary/aromatic N) is 1. The van der Waals surface area contributed by atoms with Gasteiger partial charge in [-0.15, -0.1) is 0 Å². The summed E-state index contributed by atoms with van der Waals surface area (Å²) in [6.45, 7) is -0.0234. The van der Waals surface area contributed by atoms with Gasteiger partial charge in [-0.3, -0.25) is 9.59 Å². The van der Waals surface area contributed by atoms with Crippen molar-refractivity contribution in [2.75, 3.05) is 18.6 Å². The van der Waals surface area contributed by atoms with Crippen LogP contribution in [0.4, 0.5) is 5.69 Å². The quantitative estimate of drug-likeness (QED) is 0.601. The molecule has 0 N–H and O–H groups in total. The monoisotopic (exact) mass is 267 g/mol. The molecule has 0 aliphatic carbocycles. The fourth-order valence-corrected chi connectivity index (χ4v) is 1.99. The standard InChI is InChI=1S/C12H10ClNO4/c1-18-12(17)9-4-7(13)2-3-10(9)14-6-8(15)5-11(14)16/h2-4H,5-6H2,1H3. The molecule has 1 aliphatic heterocycles. The molecule has 0 saturated carbocycles.